The zero-order valence-electron chi connectivity index (χ0n) is 16.4. The Labute approximate surface area is 168 Å². The minimum absolute atomic E-state index is 0.0981. The summed E-state index contributed by atoms with van der Waals surface area (Å²) in [5.41, 5.74) is 2.98. The fourth-order valence-corrected chi connectivity index (χ4v) is 3.43. The number of amides is 1. The molecule has 0 radical (unpaired) electrons. The van der Waals surface area contributed by atoms with Crippen molar-refractivity contribution in [3.63, 3.8) is 0 Å². The smallest absolute Gasteiger partial charge is 0.341 e. The summed E-state index contributed by atoms with van der Waals surface area (Å²) in [6.45, 7) is 4.81. The molecule has 0 spiro atoms. The summed E-state index contributed by atoms with van der Waals surface area (Å²) in [7, 11) is 0. The molecular formula is C21H23N3O5. The Kier molecular flexibility index (Phi) is 6.11. The second-order valence-electron chi connectivity index (χ2n) is 7.04. The predicted octanol–water partition coefficient (Wildman–Crippen LogP) is 3.61. The van der Waals surface area contributed by atoms with E-state index in [0.29, 0.717) is 11.4 Å². The molecule has 0 saturated carbocycles. The van der Waals surface area contributed by atoms with Crippen molar-refractivity contribution in [1.82, 2.24) is 0 Å². The highest BCUT2D eigenvalue weighted by atomic mass is 16.6. The van der Waals surface area contributed by atoms with Gasteiger partial charge in [-0.25, -0.2) is 4.79 Å². The summed E-state index contributed by atoms with van der Waals surface area (Å²) < 4.78 is 5.18. The van der Waals surface area contributed by atoms with Crippen LogP contribution in [0.2, 0.25) is 0 Å². The van der Waals surface area contributed by atoms with Gasteiger partial charge in [-0.3, -0.25) is 14.9 Å². The molecule has 0 aromatic heterocycles. The number of nitrogens with one attached hydrogen (secondary N) is 1. The van der Waals surface area contributed by atoms with Gasteiger partial charge in [0.25, 0.3) is 11.6 Å². The van der Waals surface area contributed by atoms with Crippen molar-refractivity contribution in [2.24, 2.45) is 0 Å². The van der Waals surface area contributed by atoms with Crippen LogP contribution in [0, 0.1) is 24.0 Å². The van der Waals surface area contributed by atoms with Crippen LogP contribution in [0.15, 0.2) is 36.4 Å². The first-order valence-corrected chi connectivity index (χ1v) is 9.43. The number of rotatable bonds is 6. The summed E-state index contributed by atoms with van der Waals surface area (Å²) >= 11 is 0. The number of carbonyl (C=O) groups excluding carboxylic acids is 2. The molecule has 2 aromatic rings. The first-order valence-electron chi connectivity index (χ1n) is 9.43. The predicted molar refractivity (Wildman–Crippen MR) is 109 cm³/mol. The van der Waals surface area contributed by atoms with Gasteiger partial charge in [0.15, 0.2) is 6.61 Å². The van der Waals surface area contributed by atoms with Gasteiger partial charge in [-0.1, -0.05) is 18.2 Å². The first-order chi connectivity index (χ1) is 13.9. The number of aryl methyl sites for hydroxylation is 2. The van der Waals surface area contributed by atoms with E-state index in [9.17, 15) is 19.7 Å². The maximum Gasteiger partial charge on any atom is 0.341 e. The molecule has 29 heavy (non-hydrogen) atoms. The van der Waals surface area contributed by atoms with Crippen LogP contribution in [-0.4, -0.2) is 36.5 Å². The molecular weight excluding hydrogens is 374 g/mol. The van der Waals surface area contributed by atoms with Gasteiger partial charge >= 0.3 is 5.97 Å². The number of anilines is 2. The van der Waals surface area contributed by atoms with Crippen molar-refractivity contribution in [2.75, 3.05) is 29.9 Å². The van der Waals surface area contributed by atoms with E-state index in [-0.39, 0.29) is 11.3 Å². The third-order valence-corrected chi connectivity index (χ3v) is 4.94. The number of nitrogens with zero attached hydrogens (tertiary/aromatic N) is 2. The average Bonchev–Trinajstić information content (AvgIpc) is 3.23. The van der Waals surface area contributed by atoms with E-state index in [1.54, 1.807) is 6.07 Å². The van der Waals surface area contributed by atoms with Crippen LogP contribution in [0.3, 0.4) is 0 Å². The molecule has 0 unspecified atom stereocenters. The molecule has 1 amide bonds. The van der Waals surface area contributed by atoms with Gasteiger partial charge in [0, 0.05) is 30.9 Å². The first kappa shape index (κ1) is 20.3. The lowest BCUT2D eigenvalue weighted by Crippen LogP contribution is -2.24. The number of nitro benzene ring substituents is 1. The summed E-state index contributed by atoms with van der Waals surface area (Å²) in [6.07, 6.45) is 1.98. The van der Waals surface area contributed by atoms with Gasteiger partial charge in [-0.15, -0.1) is 0 Å². The molecule has 3 rings (SSSR count). The molecule has 1 fully saturated rings. The molecule has 1 saturated heterocycles. The Morgan fingerprint density at radius 3 is 2.41 bits per heavy atom. The number of para-hydroxylation sites is 1. The maximum atomic E-state index is 12.6. The highest BCUT2D eigenvalue weighted by Gasteiger charge is 2.24. The van der Waals surface area contributed by atoms with Gasteiger partial charge in [-0.2, -0.15) is 0 Å². The van der Waals surface area contributed by atoms with E-state index in [0.717, 1.165) is 37.1 Å². The maximum absolute atomic E-state index is 12.6. The van der Waals surface area contributed by atoms with Crippen molar-refractivity contribution in [2.45, 2.75) is 26.7 Å². The minimum atomic E-state index is -0.757. The standard InChI is InChI=1S/C21H23N3O5/c1-14-6-5-7-15(2)20(14)22-19(25)13-29-21(26)17-12-16(24(27)28)8-9-18(17)23-10-3-4-11-23/h5-9,12H,3-4,10-11,13H2,1-2H3,(H,22,25). The minimum Gasteiger partial charge on any atom is -0.452 e. The molecule has 152 valence electrons. The third kappa shape index (κ3) is 4.71. The van der Waals surface area contributed by atoms with Gasteiger partial charge in [0.05, 0.1) is 16.2 Å². The van der Waals surface area contributed by atoms with Crippen LogP contribution in [0.25, 0.3) is 0 Å². The van der Waals surface area contributed by atoms with E-state index < -0.39 is 23.4 Å². The van der Waals surface area contributed by atoms with Gasteiger partial charge in [0.2, 0.25) is 0 Å². The fourth-order valence-electron chi connectivity index (χ4n) is 3.43. The van der Waals surface area contributed by atoms with Crippen LogP contribution in [0.4, 0.5) is 17.1 Å². The lowest BCUT2D eigenvalue weighted by atomic mass is 10.1. The SMILES string of the molecule is Cc1cccc(C)c1NC(=O)COC(=O)c1cc([N+](=O)[O-])ccc1N1CCCC1. The highest BCUT2D eigenvalue weighted by molar-refractivity contribution is 5.99. The number of hydrogen-bond acceptors (Lipinski definition) is 6. The fraction of sp³-hybridized carbons (Fsp3) is 0.333. The van der Waals surface area contributed by atoms with Crippen LogP contribution in [-0.2, 0) is 9.53 Å². The number of benzene rings is 2. The van der Waals surface area contributed by atoms with Crippen LogP contribution in [0.1, 0.15) is 34.3 Å². The second-order valence-corrected chi connectivity index (χ2v) is 7.04. The van der Waals surface area contributed by atoms with E-state index in [4.69, 9.17) is 4.74 Å². The molecule has 8 heteroatoms. The van der Waals surface area contributed by atoms with Crippen LogP contribution < -0.4 is 10.2 Å². The Balaban J connectivity index is 1.73. The average molecular weight is 397 g/mol. The highest BCUT2D eigenvalue weighted by Crippen LogP contribution is 2.29. The monoisotopic (exact) mass is 397 g/mol. The van der Waals surface area contributed by atoms with Crippen molar-refractivity contribution >= 4 is 28.9 Å². The molecule has 0 bridgehead atoms. The summed E-state index contributed by atoms with van der Waals surface area (Å²) in [6, 6.07) is 9.79. The van der Waals surface area contributed by atoms with Crippen molar-refractivity contribution in [3.8, 4) is 0 Å². The van der Waals surface area contributed by atoms with Gasteiger partial charge < -0.3 is 15.0 Å². The van der Waals surface area contributed by atoms with Crippen LogP contribution >= 0.6 is 0 Å². The third-order valence-electron chi connectivity index (χ3n) is 4.94. The molecule has 8 nitrogen and oxygen atoms in total. The van der Waals surface area contributed by atoms with Gasteiger partial charge in [-0.05, 0) is 43.9 Å². The summed E-state index contributed by atoms with van der Waals surface area (Å²) in [4.78, 5) is 37.5. The lowest BCUT2D eigenvalue weighted by molar-refractivity contribution is -0.384. The second kappa shape index (κ2) is 8.72. The van der Waals surface area contributed by atoms with Crippen molar-refractivity contribution in [3.05, 3.63) is 63.2 Å². The number of nitro groups is 1. The number of non-ortho nitro benzene ring substituents is 1. The van der Waals surface area contributed by atoms with E-state index in [1.165, 1.54) is 12.1 Å². The van der Waals surface area contributed by atoms with Crippen molar-refractivity contribution in [1.29, 1.82) is 0 Å². The summed E-state index contributed by atoms with van der Waals surface area (Å²) in [5, 5.41) is 13.9. The molecule has 0 aliphatic carbocycles. The topological polar surface area (TPSA) is 102 Å². The molecule has 1 aliphatic heterocycles. The van der Waals surface area contributed by atoms with Crippen molar-refractivity contribution < 1.29 is 19.2 Å². The van der Waals surface area contributed by atoms with Gasteiger partial charge in [0.1, 0.15) is 0 Å². The van der Waals surface area contributed by atoms with E-state index >= 15 is 0 Å². The number of ether oxygens (including phenoxy) is 1. The summed E-state index contributed by atoms with van der Waals surface area (Å²) in [5.74, 6) is -1.23. The molecule has 0 atom stereocenters. The zero-order chi connectivity index (χ0) is 21.0. The van der Waals surface area contributed by atoms with Crippen LogP contribution in [0.5, 0.6) is 0 Å². The Morgan fingerprint density at radius 2 is 1.79 bits per heavy atom. The normalized spacial score (nSPS) is 13.2. The molecule has 1 N–H and O–H groups in total. The number of hydrogen-bond donors (Lipinski definition) is 1. The molecule has 1 aliphatic rings. The lowest BCUT2D eigenvalue weighted by Gasteiger charge is -2.20. The molecule has 2 aromatic carbocycles. The quantitative estimate of drug-likeness (QED) is 0.454. The Hall–Kier alpha value is -3.42. The number of esters is 1. The largest absolute Gasteiger partial charge is 0.452 e. The Morgan fingerprint density at radius 1 is 1.14 bits per heavy atom. The van der Waals surface area contributed by atoms with E-state index in [2.05, 4.69) is 5.32 Å². The zero-order valence-corrected chi connectivity index (χ0v) is 16.4. The molecule has 1 heterocycles. The number of carbonyl (C=O) groups is 2. The van der Waals surface area contributed by atoms with E-state index in [1.807, 2.05) is 36.9 Å². The Bertz CT molecular complexity index is 931.